The molecule has 0 amide bonds. The summed E-state index contributed by atoms with van der Waals surface area (Å²) in [5.41, 5.74) is 1.39. The summed E-state index contributed by atoms with van der Waals surface area (Å²) in [5, 5.41) is 8.89. The Balaban J connectivity index is 0.000000310. The minimum Gasteiger partial charge on any atom is -0.550 e. The van der Waals surface area contributed by atoms with E-state index in [-0.39, 0.29) is 0 Å². The van der Waals surface area contributed by atoms with E-state index in [1.54, 1.807) is 0 Å². The van der Waals surface area contributed by atoms with Crippen molar-refractivity contribution in [2.24, 2.45) is 0 Å². The van der Waals surface area contributed by atoms with E-state index in [4.69, 9.17) is 9.90 Å². The molecule has 3 nitrogen and oxygen atoms in total. The Morgan fingerprint density at radius 3 is 2.46 bits per heavy atom. The molecule has 0 spiro atoms. The third-order valence-electron chi connectivity index (χ3n) is 1.51. The maximum Gasteiger partial charge on any atom is 0.102 e. The van der Waals surface area contributed by atoms with Crippen molar-refractivity contribution in [3.05, 3.63) is 24.0 Å². The van der Waals surface area contributed by atoms with Gasteiger partial charge in [0.1, 0.15) is 6.20 Å². The van der Waals surface area contributed by atoms with Crippen LogP contribution in [0.25, 0.3) is 0 Å². The minimum absolute atomic E-state index is 0.972. The van der Waals surface area contributed by atoms with Gasteiger partial charge in [0.15, 0.2) is 0 Å². The first-order valence-electron chi connectivity index (χ1n) is 4.46. The summed E-state index contributed by atoms with van der Waals surface area (Å²) in [6.45, 7) is 6.55. The lowest BCUT2D eigenvalue weighted by Crippen LogP contribution is -3.01. The van der Waals surface area contributed by atoms with Gasteiger partial charge in [-0.3, -0.25) is 4.90 Å². The summed E-state index contributed by atoms with van der Waals surface area (Å²) in [4.78, 5) is 10.4. The van der Waals surface area contributed by atoms with Gasteiger partial charge in [0, 0.05) is 11.5 Å². The minimum atomic E-state index is -1.08. The third kappa shape index (κ3) is 7.28. The zero-order chi connectivity index (χ0) is 10.3. The fraction of sp³-hybridized carbons (Fsp3) is 0.500. The van der Waals surface area contributed by atoms with Crippen LogP contribution in [0.15, 0.2) is 24.0 Å². The van der Waals surface area contributed by atoms with Gasteiger partial charge in [0.05, 0.1) is 12.7 Å². The number of carboxylic acids is 1. The number of allylic oxidation sites excluding steroid dienone is 2. The number of nitrogens with one attached hydrogen (secondary N) is 1. The first-order valence-corrected chi connectivity index (χ1v) is 4.46. The molecule has 0 aromatic heterocycles. The zero-order valence-corrected chi connectivity index (χ0v) is 8.46. The molecule has 0 aromatic carbocycles. The number of carbonyl (C=O) groups is 1. The van der Waals surface area contributed by atoms with Crippen LogP contribution in [0.3, 0.4) is 0 Å². The lowest BCUT2D eigenvalue weighted by molar-refractivity contribution is -0.787. The van der Waals surface area contributed by atoms with Gasteiger partial charge in [-0.25, -0.2) is 0 Å². The molecule has 0 bridgehead atoms. The summed E-state index contributed by atoms with van der Waals surface area (Å²) >= 11 is 0. The molecule has 0 radical (unpaired) electrons. The summed E-state index contributed by atoms with van der Waals surface area (Å²) < 4.78 is 0. The van der Waals surface area contributed by atoms with E-state index in [2.05, 4.69) is 32.3 Å². The van der Waals surface area contributed by atoms with Crippen LogP contribution in [0, 0.1) is 0 Å². The van der Waals surface area contributed by atoms with Gasteiger partial charge in [-0.05, 0) is 26.3 Å². The van der Waals surface area contributed by atoms with Gasteiger partial charge >= 0.3 is 0 Å². The number of rotatable bonds is 2. The molecule has 74 valence electrons. The second-order valence-electron chi connectivity index (χ2n) is 3.04. The van der Waals surface area contributed by atoms with E-state index in [9.17, 15) is 0 Å². The summed E-state index contributed by atoms with van der Waals surface area (Å²) in [5.74, 6) is -1.08. The molecular formula is C10H17NO2. The molecule has 0 aromatic rings. The molecule has 0 fully saturated rings. The summed E-state index contributed by atoms with van der Waals surface area (Å²) in [6, 6.07) is 0. The SMILES string of the molecule is CC(=O)[O-].CCC[NH+]1C=CC(C)=C1. The summed E-state index contributed by atoms with van der Waals surface area (Å²) in [6.07, 6.45) is 7.89. The zero-order valence-electron chi connectivity index (χ0n) is 8.46. The van der Waals surface area contributed by atoms with Crippen molar-refractivity contribution in [3.8, 4) is 0 Å². The van der Waals surface area contributed by atoms with Gasteiger partial charge < -0.3 is 9.90 Å². The van der Waals surface area contributed by atoms with Crippen molar-refractivity contribution in [2.75, 3.05) is 6.54 Å². The molecule has 0 saturated carbocycles. The molecular weight excluding hydrogens is 166 g/mol. The fourth-order valence-corrected chi connectivity index (χ4v) is 1.07. The number of hydrogen-bond donors (Lipinski definition) is 1. The number of hydrogen-bond acceptors (Lipinski definition) is 2. The van der Waals surface area contributed by atoms with Crippen molar-refractivity contribution in [3.63, 3.8) is 0 Å². The molecule has 1 aliphatic heterocycles. The lowest BCUT2D eigenvalue weighted by Gasteiger charge is -2.02. The molecule has 3 heteroatoms. The Hall–Kier alpha value is -1.09. The Labute approximate surface area is 79.4 Å². The quantitative estimate of drug-likeness (QED) is 0.625. The van der Waals surface area contributed by atoms with E-state index < -0.39 is 5.97 Å². The van der Waals surface area contributed by atoms with E-state index in [0.717, 1.165) is 6.92 Å². The molecule has 1 atom stereocenters. The highest BCUT2D eigenvalue weighted by atomic mass is 16.4. The average molecular weight is 183 g/mol. The fourth-order valence-electron chi connectivity index (χ4n) is 1.07. The van der Waals surface area contributed by atoms with Crippen LogP contribution in [0.1, 0.15) is 27.2 Å². The van der Waals surface area contributed by atoms with Gasteiger partial charge in [0.25, 0.3) is 0 Å². The average Bonchev–Trinajstić information content (AvgIpc) is 2.35. The van der Waals surface area contributed by atoms with E-state index in [1.165, 1.54) is 23.4 Å². The van der Waals surface area contributed by atoms with Crippen LogP contribution in [0.4, 0.5) is 0 Å². The predicted molar refractivity (Wildman–Crippen MR) is 49.7 cm³/mol. The number of carbonyl (C=O) groups excluding carboxylic acids is 1. The van der Waals surface area contributed by atoms with Crippen molar-refractivity contribution < 1.29 is 14.8 Å². The van der Waals surface area contributed by atoms with Crippen molar-refractivity contribution >= 4 is 5.97 Å². The van der Waals surface area contributed by atoms with Crippen molar-refractivity contribution in [2.45, 2.75) is 27.2 Å². The molecule has 0 aliphatic carbocycles. The van der Waals surface area contributed by atoms with Gasteiger partial charge in [-0.2, -0.15) is 0 Å². The molecule has 13 heavy (non-hydrogen) atoms. The highest BCUT2D eigenvalue weighted by Gasteiger charge is 2.04. The lowest BCUT2D eigenvalue weighted by atomic mass is 10.4. The van der Waals surface area contributed by atoms with Crippen LogP contribution < -0.4 is 10.0 Å². The Kier molecular flexibility index (Phi) is 5.89. The predicted octanol–water partition coefficient (Wildman–Crippen LogP) is -0.531. The van der Waals surface area contributed by atoms with Gasteiger partial charge in [-0.1, -0.05) is 6.92 Å². The van der Waals surface area contributed by atoms with Gasteiger partial charge in [-0.15, -0.1) is 0 Å². The van der Waals surface area contributed by atoms with Crippen LogP contribution in [-0.4, -0.2) is 12.5 Å². The number of carboxylic acid groups (broad SMARTS) is 1. The maximum absolute atomic E-state index is 8.89. The normalized spacial score (nSPS) is 19.0. The smallest absolute Gasteiger partial charge is 0.102 e. The first kappa shape index (κ1) is 11.9. The highest BCUT2D eigenvalue weighted by molar-refractivity contribution is 5.60. The van der Waals surface area contributed by atoms with Crippen LogP contribution in [0.5, 0.6) is 0 Å². The topological polar surface area (TPSA) is 44.6 Å². The number of quaternary nitrogens is 1. The standard InChI is InChI=1S/C8H13N.C2H4O2/c1-3-5-9-6-4-8(2)7-9;1-2(3)4/h4,6-7H,3,5H2,1-2H3;1H3,(H,3,4). The van der Waals surface area contributed by atoms with Crippen LogP contribution in [-0.2, 0) is 4.79 Å². The summed E-state index contributed by atoms with van der Waals surface area (Å²) in [7, 11) is 0. The van der Waals surface area contributed by atoms with Gasteiger partial charge in [0.2, 0.25) is 0 Å². The monoisotopic (exact) mass is 183 g/mol. The van der Waals surface area contributed by atoms with Crippen molar-refractivity contribution in [1.29, 1.82) is 0 Å². The molecule has 1 heterocycles. The number of aliphatic carboxylic acids is 1. The Bertz CT molecular complexity index is 215. The molecule has 1 unspecified atom stereocenters. The van der Waals surface area contributed by atoms with Crippen molar-refractivity contribution in [1.82, 2.24) is 0 Å². The maximum atomic E-state index is 8.89. The van der Waals surface area contributed by atoms with E-state index in [0.29, 0.717) is 0 Å². The van der Waals surface area contributed by atoms with Crippen LogP contribution >= 0.6 is 0 Å². The Morgan fingerprint density at radius 2 is 2.15 bits per heavy atom. The second-order valence-corrected chi connectivity index (χ2v) is 3.04. The Morgan fingerprint density at radius 1 is 1.62 bits per heavy atom. The molecule has 1 rings (SSSR count). The first-order chi connectivity index (χ1) is 6.06. The third-order valence-corrected chi connectivity index (χ3v) is 1.51. The van der Waals surface area contributed by atoms with Crippen LogP contribution in [0.2, 0.25) is 0 Å². The molecule has 1 N–H and O–H groups in total. The van der Waals surface area contributed by atoms with E-state index >= 15 is 0 Å². The second kappa shape index (κ2) is 6.43. The molecule has 1 aliphatic rings. The largest absolute Gasteiger partial charge is 0.550 e. The molecule has 0 saturated heterocycles. The highest BCUT2D eigenvalue weighted by Crippen LogP contribution is 1.92. The van der Waals surface area contributed by atoms with E-state index in [1.807, 2.05) is 0 Å².